The first-order chi connectivity index (χ1) is 13.7. The van der Waals surface area contributed by atoms with Gasteiger partial charge in [0, 0.05) is 24.5 Å². The number of carbonyl (C=O) groups excluding carboxylic acids is 2. The monoisotopic (exact) mass is 379 g/mol. The second-order valence-electron chi connectivity index (χ2n) is 7.13. The van der Waals surface area contributed by atoms with Crippen LogP contribution in [0.3, 0.4) is 0 Å². The summed E-state index contributed by atoms with van der Waals surface area (Å²) in [5.74, 6) is -0.372. The first-order valence-electron chi connectivity index (χ1n) is 9.81. The number of carbonyl (C=O) groups is 2. The molecule has 1 atom stereocenters. The molecule has 146 valence electrons. The second kappa shape index (κ2) is 8.02. The highest BCUT2D eigenvalue weighted by atomic mass is 16.5. The largest absolute Gasteiger partial charge is 0.378 e. The molecule has 0 aromatic heterocycles. The predicted octanol–water partition coefficient (Wildman–Crippen LogP) is 2.83. The summed E-state index contributed by atoms with van der Waals surface area (Å²) in [5, 5.41) is 3.22. The summed E-state index contributed by atoms with van der Waals surface area (Å²) >= 11 is 0. The topological polar surface area (TPSA) is 61.9 Å². The molecule has 2 aromatic rings. The molecule has 0 bridgehead atoms. The number of benzene rings is 2. The number of aryl methyl sites for hydroxylation is 1. The van der Waals surface area contributed by atoms with Gasteiger partial charge in [0.1, 0.15) is 6.04 Å². The van der Waals surface area contributed by atoms with E-state index in [2.05, 4.69) is 17.1 Å². The maximum Gasteiger partial charge on any atom is 0.256 e. The fourth-order valence-electron chi connectivity index (χ4n) is 3.69. The number of amides is 2. The van der Waals surface area contributed by atoms with E-state index >= 15 is 0 Å². The molecule has 2 aromatic carbocycles. The molecule has 28 heavy (non-hydrogen) atoms. The molecule has 2 heterocycles. The van der Waals surface area contributed by atoms with Gasteiger partial charge in [-0.15, -0.1) is 0 Å². The number of nitrogens with one attached hydrogen (secondary N) is 1. The van der Waals surface area contributed by atoms with Crippen molar-refractivity contribution in [2.24, 2.45) is 0 Å². The Kier molecular flexibility index (Phi) is 5.30. The van der Waals surface area contributed by atoms with Crippen molar-refractivity contribution in [3.05, 3.63) is 54.1 Å². The number of imide groups is 1. The number of nitrogens with zero attached hydrogens (tertiary/aromatic N) is 2. The molecule has 1 N–H and O–H groups in total. The Bertz CT molecular complexity index is 842. The van der Waals surface area contributed by atoms with Gasteiger partial charge < -0.3 is 15.0 Å². The lowest BCUT2D eigenvalue weighted by Crippen LogP contribution is -2.36. The van der Waals surface area contributed by atoms with Gasteiger partial charge in [0.2, 0.25) is 5.91 Å². The van der Waals surface area contributed by atoms with Gasteiger partial charge in [-0.3, -0.25) is 9.59 Å². The van der Waals surface area contributed by atoms with Gasteiger partial charge >= 0.3 is 0 Å². The van der Waals surface area contributed by atoms with Crippen LogP contribution in [-0.2, 0) is 20.7 Å². The molecule has 2 saturated heterocycles. The van der Waals surface area contributed by atoms with Crippen LogP contribution in [0.2, 0.25) is 0 Å². The van der Waals surface area contributed by atoms with Crippen molar-refractivity contribution in [1.82, 2.24) is 0 Å². The van der Waals surface area contributed by atoms with Crippen molar-refractivity contribution in [2.45, 2.75) is 25.8 Å². The SMILES string of the molecule is CCc1ccc(N2C(=O)C[C@H](Nc3ccc(N4CCOCC4)cc3)C2=O)cc1. The summed E-state index contributed by atoms with van der Waals surface area (Å²) in [4.78, 5) is 28.8. The number of morpholine rings is 1. The fourth-order valence-corrected chi connectivity index (χ4v) is 3.69. The minimum absolute atomic E-state index is 0.166. The van der Waals surface area contributed by atoms with E-state index in [-0.39, 0.29) is 18.2 Å². The number of hydrogen-bond acceptors (Lipinski definition) is 5. The zero-order chi connectivity index (χ0) is 19.5. The van der Waals surface area contributed by atoms with Gasteiger partial charge in [-0.25, -0.2) is 4.90 Å². The molecule has 0 radical (unpaired) electrons. The summed E-state index contributed by atoms with van der Waals surface area (Å²) in [6.45, 7) is 5.33. The van der Waals surface area contributed by atoms with Crippen molar-refractivity contribution in [2.75, 3.05) is 41.4 Å². The molecule has 0 spiro atoms. The predicted molar refractivity (Wildman–Crippen MR) is 110 cm³/mol. The Morgan fingerprint density at radius 1 is 0.964 bits per heavy atom. The molecular formula is C22H25N3O3. The first kappa shape index (κ1) is 18.5. The number of ether oxygens (including phenoxy) is 1. The second-order valence-corrected chi connectivity index (χ2v) is 7.13. The summed E-state index contributed by atoms with van der Waals surface area (Å²) < 4.78 is 5.39. The first-order valence-corrected chi connectivity index (χ1v) is 9.81. The Morgan fingerprint density at radius 2 is 1.61 bits per heavy atom. The highest BCUT2D eigenvalue weighted by Gasteiger charge is 2.39. The molecule has 0 unspecified atom stereocenters. The van der Waals surface area contributed by atoms with Crippen LogP contribution in [-0.4, -0.2) is 44.2 Å². The van der Waals surface area contributed by atoms with Gasteiger partial charge in [-0.2, -0.15) is 0 Å². The highest BCUT2D eigenvalue weighted by Crippen LogP contribution is 2.26. The summed E-state index contributed by atoms with van der Waals surface area (Å²) in [6, 6.07) is 15.1. The Balaban J connectivity index is 1.43. The summed E-state index contributed by atoms with van der Waals surface area (Å²) in [7, 11) is 0. The molecule has 2 aliphatic heterocycles. The van der Waals surface area contributed by atoms with Crippen LogP contribution < -0.4 is 15.1 Å². The van der Waals surface area contributed by atoms with E-state index in [1.54, 1.807) is 0 Å². The lowest BCUT2D eigenvalue weighted by Gasteiger charge is -2.29. The highest BCUT2D eigenvalue weighted by molar-refractivity contribution is 6.23. The maximum absolute atomic E-state index is 12.8. The molecule has 6 nitrogen and oxygen atoms in total. The van der Waals surface area contributed by atoms with E-state index in [9.17, 15) is 9.59 Å². The quantitative estimate of drug-likeness (QED) is 0.810. The van der Waals surface area contributed by atoms with E-state index in [1.165, 1.54) is 10.5 Å². The van der Waals surface area contributed by atoms with Gasteiger partial charge in [0.05, 0.1) is 25.3 Å². The third kappa shape index (κ3) is 3.73. The normalized spacial score (nSPS) is 20.0. The van der Waals surface area contributed by atoms with E-state index in [0.717, 1.165) is 44.1 Å². The van der Waals surface area contributed by atoms with Gasteiger partial charge in [0.15, 0.2) is 0 Å². The van der Waals surface area contributed by atoms with Crippen molar-refractivity contribution >= 4 is 28.9 Å². The molecular weight excluding hydrogens is 354 g/mol. The number of anilines is 3. The van der Waals surface area contributed by atoms with Crippen LogP contribution >= 0.6 is 0 Å². The number of hydrogen-bond donors (Lipinski definition) is 1. The molecule has 0 saturated carbocycles. The molecule has 2 fully saturated rings. The summed E-state index contributed by atoms with van der Waals surface area (Å²) in [5.41, 5.74) is 3.80. The van der Waals surface area contributed by atoms with Crippen molar-refractivity contribution in [3.63, 3.8) is 0 Å². The summed E-state index contributed by atoms with van der Waals surface area (Å²) in [6.07, 6.45) is 1.09. The molecule has 6 heteroatoms. The smallest absolute Gasteiger partial charge is 0.256 e. The van der Waals surface area contributed by atoms with Crippen LogP contribution in [0.15, 0.2) is 48.5 Å². The zero-order valence-corrected chi connectivity index (χ0v) is 16.1. The average molecular weight is 379 g/mol. The Hall–Kier alpha value is -2.86. The van der Waals surface area contributed by atoms with Crippen molar-refractivity contribution in [1.29, 1.82) is 0 Å². The third-order valence-electron chi connectivity index (χ3n) is 5.33. The zero-order valence-electron chi connectivity index (χ0n) is 16.1. The van der Waals surface area contributed by atoms with Crippen LogP contribution in [0, 0.1) is 0 Å². The average Bonchev–Trinajstić information content (AvgIpc) is 3.02. The van der Waals surface area contributed by atoms with Crippen LogP contribution in [0.1, 0.15) is 18.9 Å². The molecule has 2 amide bonds. The minimum atomic E-state index is -0.535. The van der Waals surface area contributed by atoms with Crippen LogP contribution in [0.4, 0.5) is 17.1 Å². The van der Waals surface area contributed by atoms with Crippen molar-refractivity contribution < 1.29 is 14.3 Å². The van der Waals surface area contributed by atoms with Crippen LogP contribution in [0.25, 0.3) is 0 Å². The number of rotatable bonds is 5. The van der Waals surface area contributed by atoms with Gasteiger partial charge in [-0.05, 0) is 48.4 Å². The minimum Gasteiger partial charge on any atom is -0.378 e. The van der Waals surface area contributed by atoms with Gasteiger partial charge in [-0.1, -0.05) is 19.1 Å². The standard InChI is InChI=1S/C22H25N3O3/c1-2-16-3-7-19(8-4-16)25-21(26)15-20(22(25)27)23-17-5-9-18(10-6-17)24-11-13-28-14-12-24/h3-10,20,23H,2,11-15H2,1H3/t20-/m0/s1. The Morgan fingerprint density at radius 3 is 2.25 bits per heavy atom. The van der Waals surface area contributed by atoms with Crippen LogP contribution in [0.5, 0.6) is 0 Å². The lowest BCUT2D eigenvalue weighted by atomic mass is 10.1. The van der Waals surface area contributed by atoms with E-state index < -0.39 is 6.04 Å². The third-order valence-corrected chi connectivity index (χ3v) is 5.33. The fraction of sp³-hybridized carbons (Fsp3) is 0.364. The molecule has 0 aliphatic carbocycles. The van der Waals surface area contributed by atoms with E-state index in [4.69, 9.17) is 4.74 Å². The van der Waals surface area contributed by atoms with Gasteiger partial charge in [0.25, 0.3) is 5.91 Å². The van der Waals surface area contributed by atoms with E-state index in [1.807, 2.05) is 48.5 Å². The maximum atomic E-state index is 12.8. The Labute approximate surface area is 165 Å². The molecule has 4 rings (SSSR count). The lowest BCUT2D eigenvalue weighted by molar-refractivity contribution is -0.121. The van der Waals surface area contributed by atoms with E-state index in [0.29, 0.717) is 5.69 Å². The molecule has 2 aliphatic rings. The van der Waals surface area contributed by atoms with Crippen molar-refractivity contribution in [3.8, 4) is 0 Å².